The second-order valence-electron chi connectivity index (χ2n) is 4.44. The van der Waals surface area contributed by atoms with Crippen LogP contribution in [0.15, 0.2) is 24.3 Å². The molecular weight excluding hydrogens is 365 g/mol. The third-order valence-electron chi connectivity index (χ3n) is 3.04. The number of amides is 1. The number of hydrogen-bond acceptors (Lipinski definition) is 3. The molecule has 1 saturated heterocycles. The van der Waals surface area contributed by atoms with Crippen LogP contribution < -0.4 is 0 Å². The Morgan fingerprint density at radius 1 is 1.39 bits per heavy atom. The first-order valence-electron chi connectivity index (χ1n) is 5.66. The Kier molecular flexibility index (Phi) is 3.96. The lowest BCUT2D eigenvalue weighted by molar-refractivity contribution is 0.0711. The summed E-state index contributed by atoms with van der Waals surface area (Å²) in [6.45, 7) is 2.07. The van der Waals surface area contributed by atoms with E-state index in [0.29, 0.717) is 5.56 Å². The quantitative estimate of drug-likeness (QED) is 0.696. The molecule has 0 aliphatic carbocycles. The first kappa shape index (κ1) is 13.8. The number of rotatable bonds is 1. The fourth-order valence-electron chi connectivity index (χ4n) is 2.09. The van der Waals surface area contributed by atoms with Gasteiger partial charge in [0.15, 0.2) is 9.84 Å². The Morgan fingerprint density at radius 2 is 2.06 bits per heavy atom. The molecule has 18 heavy (non-hydrogen) atoms. The molecule has 0 bridgehead atoms. The Labute approximate surface area is 120 Å². The van der Waals surface area contributed by atoms with Gasteiger partial charge in [0.2, 0.25) is 0 Å². The smallest absolute Gasteiger partial charge is 0.255 e. The van der Waals surface area contributed by atoms with E-state index in [2.05, 4.69) is 22.6 Å². The Morgan fingerprint density at radius 3 is 2.67 bits per heavy atom. The highest BCUT2D eigenvalue weighted by atomic mass is 127. The predicted octanol–water partition coefficient (Wildman–Crippen LogP) is 1.55. The third kappa shape index (κ3) is 2.85. The van der Waals surface area contributed by atoms with E-state index in [-0.39, 0.29) is 30.0 Å². The number of carbonyl (C=O) groups is 1. The average molecular weight is 379 g/mol. The van der Waals surface area contributed by atoms with Crippen LogP contribution in [0.1, 0.15) is 17.3 Å². The molecule has 1 fully saturated rings. The lowest BCUT2D eigenvalue weighted by atomic mass is 10.1. The summed E-state index contributed by atoms with van der Waals surface area (Å²) in [5, 5.41) is 0. The van der Waals surface area contributed by atoms with E-state index in [1.54, 1.807) is 17.9 Å². The van der Waals surface area contributed by atoms with Gasteiger partial charge in [-0.05, 0) is 41.6 Å². The summed E-state index contributed by atoms with van der Waals surface area (Å²) in [5.41, 5.74) is 0.643. The van der Waals surface area contributed by atoms with E-state index < -0.39 is 9.84 Å². The largest absolute Gasteiger partial charge is 0.334 e. The van der Waals surface area contributed by atoms with Gasteiger partial charge in [-0.15, -0.1) is 0 Å². The molecule has 1 heterocycles. The maximum atomic E-state index is 12.4. The van der Waals surface area contributed by atoms with Crippen molar-refractivity contribution in [2.75, 3.05) is 18.1 Å². The summed E-state index contributed by atoms with van der Waals surface area (Å²) in [6.07, 6.45) is 0. The second-order valence-corrected chi connectivity index (χ2v) is 7.83. The van der Waals surface area contributed by atoms with Crippen LogP contribution in [0, 0.1) is 3.57 Å². The lowest BCUT2D eigenvalue weighted by Gasteiger charge is -2.33. The maximum absolute atomic E-state index is 12.4. The summed E-state index contributed by atoms with van der Waals surface area (Å²) in [5.74, 6) is 0.0386. The molecule has 1 aromatic carbocycles. The van der Waals surface area contributed by atoms with E-state index in [9.17, 15) is 13.2 Å². The summed E-state index contributed by atoms with van der Waals surface area (Å²) >= 11 is 2.12. The van der Waals surface area contributed by atoms with Gasteiger partial charge in [-0.3, -0.25) is 4.79 Å². The summed E-state index contributed by atoms with van der Waals surface area (Å²) in [7, 11) is -2.99. The van der Waals surface area contributed by atoms with E-state index in [4.69, 9.17) is 0 Å². The highest BCUT2D eigenvalue weighted by Crippen LogP contribution is 2.18. The molecule has 1 aromatic rings. The van der Waals surface area contributed by atoms with Gasteiger partial charge in [-0.25, -0.2) is 8.42 Å². The van der Waals surface area contributed by atoms with Gasteiger partial charge in [0.25, 0.3) is 5.91 Å². The highest BCUT2D eigenvalue weighted by Gasteiger charge is 2.32. The van der Waals surface area contributed by atoms with Crippen LogP contribution in [-0.4, -0.2) is 43.3 Å². The monoisotopic (exact) mass is 379 g/mol. The van der Waals surface area contributed by atoms with Crippen LogP contribution in [0.4, 0.5) is 0 Å². The zero-order valence-corrected chi connectivity index (χ0v) is 12.9. The molecule has 1 unspecified atom stereocenters. The van der Waals surface area contributed by atoms with Crippen LogP contribution in [0.2, 0.25) is 0 Å². The molecule has 6 heteroatoms. The minimum atomic E-state index is -2.99. The van der Waals surface area contributed by atoms with Crippen LogP contribution >= 0.6 is 22.6 Å². The van der Waals surface area contributed by atoms with Gasteiger partial charge in [0, 0.05) is 16.2 Å². The van der Waals surface area contributed by atoms with E-state index in [0.717, 1.165) is 3.57 Å². The molecule has 2 rings (SSSR count). The van der Waals surface area contributed by atoms with Crippen molar-refractivity contribution in [1.29, 1.82) is 0 Å². The van der Waals surface area contributed by atoms with Crippen molar-refractivity contribution in [3.05, 3.63) is 33.4 Å². The van der Waals surface area contributed by atoms with Crippen LogP contribution in [-0.2, 0) is 9.84 Å². The second kappa shape index (κ2) is 5.16. The molecule has 4 nitrogen and oxygen atoms in total. The number of benzene rings is 1. The fraction of sp³-hybridized carbons (Fsp3) is 0.417. The van der Waals surface area contributed by atoms with Crippen molar-refractivity contribution >= 4 is 38.3 Å². The molecule has 1 atom stereocenters. The molecular formula is C12H14INO3S. The van der Waals surface area contributed by atoms with Crippen LogP contribution in [0.3, 0.4) is 0 Å². The van der Waals surface area contributed by atoms with Gasteiger partial charge in [0.1, 0.15) is 0 Å². The number of carbonyl (C=O) groups excluding carboxylic acids is 1. The van der Waals surface area contributed by atoms with Crippen LogP contribution in [0.5, 0.6) is 0 Å². The molecule has 0 spiro atoms. The van der Waals surface area contributed by atoms with Gasteiger partial charge in [-0.2, -0.15) is 0 Å². The summed E-state index contributed by atoms with van der Waals surface area (Å²) < 4.78 is 23.9. The molecule has 0 N–H and O–H groups in total. The van der Waals surface area contributed by atoms with Gasteiger partial charge >= 0.3 is 0 Å². The van der Waals surface area contributed by atoms with Crippen molar-refractivity contribution < 1.29 is 13.2 Å². The first-order valence-corrected chi connectivity index (χ1v) is 8.56. The van der Waals surface area contributed by atoms with Gasteiger partial charge in [-0.1, -0.05) is 12.1 Å². The standard InChI is InChI=1S/C12H14INO3S/c1-9-8-18(16,17)7-6-14(9)12(15)10-4-2-3-5-11(10)13/h2-5,9H,6-8H2,1H3. The zero-order valence-electron chi connectivity index (χ0n) is 9.97. The van der Waals surface area contributed by atoms with E-state index in [1.807, 2.05) is 18.2 Å². The molecule has 0 saturated carbocycles. The molecule has 1 aliphatic heterocycles. The number of sulfone groups is 1. The number of halogens is 1. The molecule has 98 valence electrons. The lowest BCUT2D eigenvalue weighted by Crippen LogP contribution is -2.49. The molecule has 0 aromatic heterocycles. The SMILES string of the molecule is CC1CS(=O)(=O)CCN1C(=O)c1ccccc1I. The van der Waals surface area contributed by atoms with Crippen molar-refractivity contribution in [1.82, 2.24) is 4.90 Å². The van der Waals surface area contributed by atoms with Crippen molar-refractivity contribution in [2.24, 2.45) is 0 Å². The van der Waals surface area contributed by atoms with Crippen molar-refractivity contribution in [2.45, 2.75) is 13.0 Å². The van der Waals surface area contributed by atoms with Gasteiger partial charge < -0.3 is 4.90 Å². The Balaban J connectivity index is 2.23. The Bertz CT molecular complexity index is 570. The predicted molar refractivity (Wildman–Crippen MR) is 78.3 cm³/mol. The van der Waals surface area contributed by atoms with E-state index in [1.165, 1.54) is 0 Å². The topological polar surface area (TPSA) is 54.5 Å². The fourth-order valence-corrected chi connectivity index (χ4v) is 4.26. The first-order chi connectivity index (χ1) is 8.41. The van der Waals surface area contributed by atoms with Crippen LogP contribution in [0.25, 0.3) is 0 Å². The minimum absolute atomic E-state index is 0.0577. The normalized spacial score (nSPS) is 22.8. The average Bonchev–Trinajstić information content (AvgIpc) is 2.27. The van der Waals surface area contributed by atoms with Crippen molar-refractivity contribution in [3.8, 4) is 0 Å². The minimum Gasteiger partial charge on any atom is -0.334 e. The number of hydrogen-bond donors (Lipinski definition) is 0. The molecule has 1 amide bonds. The third-order valence-corrected chi connectivity index (χ3v) is 5.77. The summed E-state index contributed by atoms with van der Waals surface area (Å²) in [6, 6.07) is 7.09. The van der Waals surface area contributed by atoms with Crippen molar-refractivity contribution in [3.63, 3.8) is 0 Å². The zero-order chi connectivity index (χ0) is 13.3. The maximum Gasteiger partial charge on any atom is 0.255 e. The highest BCUT2D eigenvalue weighted by molar-refractivity contribution is 14.1. The molecule has 0 radical (unpaired) electrons. The van der Waals surface area contributed by atoms with Gasteiger partial charge in [0.05, 0.1) is 17.1 Å². The number of nitrogens with zero attached hydrogens (tertiary/aromatic N) is 1. The summed E-state index contributed by atoms with van der Waals surface area (Å²) in [4.78, 5) is 14.0. The Hall–Kier alpha value is -0.630. The molecule has 1 aliphatic rings. The van der Waals surface area contributed by atoms with E-state index >= 15 is 0 Å².